The summed E-state index contributed by atoms with van der Waals surface area (Å²) in [6, 6.07) is 0.154. The Morgan fingerprint density at radius 1 is 1.47 bits per heavy atom. The predicted octanol–water partition coefficient (Wildman–Crippen LogP) is 1.76. The topological polar surface area (TPSA) is 46.3 Å². The highest BCUT2D eigenvalue weighted by Crippen LogP contribution is 2.42. The molecule has 2 N–H and O–H groups in total. The summed E-state index contributed by atoms with van der Waals surface area (Å²) in [6.07, 6.45) is 5.48. The Morgan fingerprint density at radius 3 is 2.40 bits per heavy atom. The van der Waals surface area contributed by atoms with E-state index < -0.39 is 0 Å². The van der Waals surface area contributed by atoms with Crippen molar-refractivity contribution in [1.29, 1.82) is 0 Å². The van der Waals surface area contributed by atoms with Crippen LogP contribution in [0.2, 0.25) is 0 Å². The van der Waals surface area contributed by atoms with E-state index in [2.05, 4.69) is 6.92 Å². The maximum Gasteiger partial charge on any atom is 0.228 e. The van der Waals surface area contributed by atoms with Crippen LogP contribution >= 0.6 is 0 Å². The van der Waals surface area contributed by atoms with Crippen LogP contribution in [0.15, 0.2) is 0 Å². The first-order chi connectivity index (χ1) is 7.07. The summed E-state index contributed by atoms with van der Waals surface area (Å²) in [5, 5.41) is 0. The number of amides is 1. The van der Waals surface area contributed by atoms with E-state index in [9.17, 15) is 4.79 Å². The quantitative estimate of drug-likeness (QED) is 0.772. The zero-order valence-corrected chi connectivity index (χ0v) is 10.3. The number of rotatable bonds is 4. The van der Waals surface area contributed by atoms with Crippen molar-refractivity contribution in [2.75, 3.05) is 13.6 Å². The number of likely N-dealkylation sites (N-methyl/N-ethyl adjacent to an activating group) is 1. The van der Waals surface area contributed by atoms with Crippen molar-refractivity contribution in [3.05, 3.63) is 0 Å². The molecule has 1 rings (SSSR count). The maximum absolute atomic E-state index is 12.4. The third-order valence-corrected chi connectivity index (χ3v) is 4.01. The van der Waals surface area contributed by atoms with Crippen LogP contribution in [0.25, 0.3) is 0 Å². The Kier molecular flexibility index (Phi) is 4.14. The van der Waals surface area contributed by atoms with Crippen LogP contribution in [0.4, 0.5) is 0 Å². The van der Waals surface area contributed by atoms with E-state index in [1.807, 2.05) is 18.9 Å². The van der Waals surface area contributed by atoms with Crippen molar-refractivity contribution in [3.8, 4) is 0 Å². The average Bonchev–Trinajstić information content (AvgIpc) is 2.75. The highest BCUT2D eigenvalue weighted by Gasteiger charge is 2.41. The fraction of sp³-hybridized carbons (Fsp3) is 0.917. The van der Waals surface area contributed by atoms with Gasteiger partial charge in [-0.3, -0.25) is 4.79 Å². The zero-order chi connectivity index (χ0) is 11.5. The Hall–Kier alpha value is -0.570. The van der Waals surface area contributed by atoms with E-state index in [0.29, 0.717) is 12.5 Å². The highest BCUT2D eigenvalue weighted by molar-refractivity contribution is 5.83. The lowest BCUT2D eigenvalue weighted by Crippen LogP contribution is -2.47. The molecule has 1 fully saturated rings. The number of nitrogens with zero attached hydrogens (tertiary/aromatic N) is 1. The number of hydrogen-bond donors (Lipinski definition) is 1. The minimum Gasteiger partial charge on any atom is -0.341 e. The smallest absolute Gasteiger partial charge is 0.228 e. The first-order valence-corrected chi connectivity index (χ1v) is 6.04. The summed E-state index contributed by atoms with van der Waals surface area (Å²) in [7, 11) is 1.88. The summed E-state index contributed by atoms with van der Waals surface area (Å²) in [4.78, 5) is 14.2. The van der Waals surface area contributed by atoms with Gasteiger partial charge in [0.2, 0.25) is 5.91 Å². The summed E-state index contributed by atoms with van der Waals surface area (Å²) in [6.45, 7) is 4.68. The molecule has 1 amide bonds. The van der Waals surface area contributed by atoms with E-state index in [1.54, 1.807) is 0 Å². The molecular formula is C12H24N2O. The Morgan fingerprint density at radius 2 is 2.00 bits per heavy atom. The molecule has 3 heteroatoms. The molecule has 0 aromatic heterocycles. The molecule has 0 aromatic carbocycles. The third kappa shape index (κ3) is 2.33. The van der Waals surface area contributed by atoms with Crippen LogP contribution in [-0.2, 0) is 4.79 Å². The van der Waals surface area contributed by atoms with Gasteiger partial charge in [0, 0.05) is 25.0 Å². The molecule has 1 aliphatic carbocycles. The van der Waals surface area contributed by atoms with Crippen molar-refractivity contribution in [3.63, 3.8) is 0 Å². The number of carbonyl (C=O) groups excluding carboxylic acids is 1. The molecule has 15 heavy (non-hydrogen) atoms. The minimum atomic E-state index is -0.0712. The Bertz CT molecular complexity index is 222. The van der Waals surface area contributed by atoms with E-state index in [4.69, 9.17) is 5.73 Å². The highest BCUT2D eigenvalue weighted by atomic mass is 16.2. The first-order valence-electron chi connectivity index (χ1n) is 6.04. The van der Waals surface area contributed by atoms with E-state index in [0.717, 1.165) is 19.3 Å². The molecule has 0 bridgehead atoms. The van der Waals surface area contributed by atoms with Gasteiger partial charge in [0.05, 0.1) is 0 Å². The number of carbonyl (C=O) groups is 1. The largest absolute Gasteiger partial charge is 0.341 e. The van der Waals surface area contributed by atoms with Crippen LogP contribution in [-0.4, -0.2) is 30.4 Å². The standard InChI is InChI=1S/C12H24N2O/c1-4-12(7-5-6-8-12)11(15)14(3)10(2)9-13/h10H,4-9,13H2,1-3H3. The van der Waals surface area contributed by atoms with Crippen LogP contribution in [0, 0.1) is 5.41 Å². The van der Waals surface area contributed by atoms with Crippen LogP contribution < -0.4 is 5.73 Å². The number of hydrogen-bond acceptors (Lipinski definition) is 2. The second kappa shape index (κ2) is 4.97. The molecule has 1 aliphatic rings. The summed E-state index contributed by atoms with van der Waals surface area (Å²) < 4.78 is 0. The molecule has 3 nitrogen and oxygen atoms in total. The van der Waals surface area contributed by atoms with Crippen LogP contribution in [0.3, 0.4) is 0 Å². The fourth-order valence-corrected chi connectivity index (χ4v) is 2.50. The predicted molar refractivity (Wildman–Crippen MR) is 62.5 cm³/mol. The lowest BCUT2D eigenvalue weighted by molar-refractivity contribution is -0.142. The zero-order valence-electron chi connectivity index (χ0n) is 10.3. The molecule has 1 saturated carbocycles. The van der Waals surface area contributed by atoms with Gasteiger partial charge in [0.15, 0.2) is 0 Å². The van der Waals surface area contributed by atoms with Gasteiger partial charge in [-0.15, -0.1) is 0 Å². The molecule has 88 valence electrons. The van der Waals surface area contributed by atoms with Crippen molar-refractivity contribution in [1.82, 2.24) is 4.90 Å². The minimum absolute atomic E-state index is 0.0712. The average molecular weight is 212 g/mol. The monoisotopic (exact) mass is 212 g/mol. The van der Waals surface area contributed by atoms with Gasteiger partial charge >= 0.3 is 0 Å². The van der Waals surface area contributed by atoms with E-state index in [-0.39, 0.29) is 11.5 Å². The lowest BCUT2D eigenvalue weighted by atomic mass is 9.81. The molecule has 0 radical (unpaired) electrons. The molecular weight excluding hydrogens is 188 g/mol. The summed E-state index contributed by atoms with van der Waals surface area (Å²) in [5.74, 6) is 0.306. The number of nitrogens with two attached hydrogens (primary N) is 1. The lowest BCUT2D eigenvalue weighted by Gasteiger charge is -2.34. The van der Waals surface area contributed by atoms with Gasteiger partial charge in [0.25, 0.3) is 0 Å². The van der Waals surface area contributed by atoms with Gasteiger partial charge in [-0.05, 0) is 26.2 Å². The first kappa shape index (κ1) is 12.5. The van der Waals surface area contributed by atoms with Crippen molar-refractivity contribution < 1.29 is 4.79 Å². The second-order valence-electron chi connectivity index (χ2n) is 4.84. The molecule has 0 heterocycles. The van der Waals surface area contributed by atoms with Crippen LogP contribution in [0.5, 0.6) is 0 Å². The molecule has 1 unspecified atom stereocenters. The normalized spacial score (nSPS) is 21.3. The third-order valence-electron chi connectivity index (χ3n) is 4.01. The Balaban J connectivity index is 2.72. The summed E-state index contributed by atoms with van der Waals surface area (Å²) >= 11 is 0. The van der Waals surface area contributed by atoms with Gasteiger partial charge < -0.3 is 10.6 Å². The second-order valence-corrected chi connectivity index (χ2v) is 4.84. The SMILES string of the molecule is CCC1(C(=O)N(C)C(C)CN)CCCC1. The van der Waals surface area contributed by atoms with Crippen LogP contribution in [0.1, 0.15) is 46.0 Å². The molecule has 0 aromatic rings. The van der Waals surface area contributed by atoms with Crippen molar-refractivity contribution in [2.45, 2.75) is 52.0 Å². The van der Waals surface area contributed by atoms with Gasteiger partial charge in [-0.1, -0.05) is 19.8 Å². The summed E-state index contributed by atoms with van der Waals surface area (Å²) in [5.41, 5.74) is 5.53. The van der Waals surface area contributed by atoms with Crippen molar-refractivity contribution >= 4 is 5.91 Å². The van der Waals surface area contributed by atoms with Gasteiger partial charge in [-0.25, -0.2) is 0 Å². The molecule has 0 aliphatic heterocycles. The molecule has 1 atom stereocenters. The fourth-order valence-electron chi connectivity index (χ4n) is 2.50. The van der Waals surface area contributed by atoms with Gasteiger partial charge in [0.1, 0.15) is 0 Å². The maximum atomic E-state index is 12.4. The van der Waals surface area contributed by atoms with E-state index >= 15 is 0 Å². The molecule has 0 saturated heterocycles. The molecule has 0 spiro atoms. The Labute approximate surface area is 93.0 Å². The van der Waals surface area contributed by atoms with Gasteiger partial charge in [-0.2, -0.15) is 0 Å². The van der Waals surface area contributed by atoms with E-state index in [1.165, 1.54) is 12.8 Å². The van der Waals surface area contributed by atoms with Crippen molar-refractivity contribution in [2.24, 2.45) is 11.1 Å².